The molecule has 1 aliphatic heterocycles. The van der Waals surface area contributed by atoms with Crippen LogP contribution in [-0.2, 0) is 21.0 Å². The summed E-state index contributed by atoms with van der Waals surface area (Å²) in [5.41, 5.74) is -1.49. The van der Waals surface area contributed by atoms with Gasteiger partial charge < -0.3 is 4.90 Å². The van der Waals surface area contributed by atoms with Crippen LogP contribution in [0.2, 0.25) is 0 Å². The lowest BCUT2D eigenvalue weighted by Crippen LogP contribution is -2.40. The molecule has 0 bridgehead atoms. The SMILES string of the molecule is CC1CCN(C(=O)CCN(c2ccccc2C(F)(F)F)S(C)(=O)=O)CC1. The lowest BCUT2D eigenvalue weighted by Gasteiger charge is -2.31. The van der Waals surface area contributed by atoms with Crippen LogP contribution in [0.1, 0.15) is 31.7 Å². The second-order valence-corrected chi connectivity index (χ2v) is 8.57. The molecule has 0 spiro atoms. The molecule has 9 heteroatoms. The maximum atomic E-state index is 13.2. The number of halogens is 3. The Hall–Kier alpha value is -1.77. The fourth-order valence-electron chi connectivity index (χ4n) is 3.01. The van der Waals surface area contributed by atoms with Crippen molar-refractivity contribution in [3.63, 3.8) is 0 Å². The van der Waals surface area contributed by atoms with E-state index in [0.29, 0.717) is 23.3 Å². The topological polar surface area (TPSA) is 57.7 Å². The van der Waals surface area contributed by atoms with E-state index in [9.17, 15) is 26.4 Å². The summed E-state index contributed by atoms with van der Waals surface area (Å²) >= 11 is 0. The predicted molar refractivity (Wildman–Crippen MR) is 93.2 cm³/mol. The second-order valence-electron chi connectivity index (χ2n) is 6.66. The van der Waals surface area contributed by atoms with Crippen molar-refractivity contribution in [3.8, 4) is 0 Å². The maximum absolute atomic E-state index is 13.2. The molecular weight excluding hydrogens is 369 g/mol. The summed E-state index contributed by atoms with van der Waals surface area (Å²) in [5.74, 6) is 0.292. The maximum Gasteiger partial charge on any atom is 0.418 e. The molecule has 1 aromatic rings. The largest absolute Gasteiger partial charge is 0.418 e. The molecular formula is C17H23F3N2O3S. The first kappa shape index (κ1) is 20.5. The number of rotatable bonds is 5. The molecule has 2 rings (SSSR count). The summed E-state index contributed by atoms with van der Waals surface area (Å²) < 4.78 is 64.5. The summed E-state index contributed by atoms with van der Waals surface area (Å²) in [6.07, 6.45) is -2.26. The third-order valence-corrected chi connectivity index (χ3v) is 5.72. The number of nitrogens with zero attached hydrogens (tertiary/aromatic N) is 2. The van der Waals surface area contributed by atoms with E-state index in [-0.39, 0.29) is 18.9 Å². The van der Waals surface area contributed by atoms with E-state index in [2.05, 4.69) is 6.92 Å². The fraction of sp³-hybridized carbons (Fsp3) is 0.588. The van der Waals surface area contributed by atoms with Crippen molar-refractivity contribution < 1.29 is 26.4 Å². The molecule has 0 unspecified atom stereocenters. The van der Waals surface area contributed by atoms with Gasteiger partial charge in [-0.05, 0) is 30.9 Å². The van der Waals surface area contributed by atoms with Gasteiger partial charge in [-0.2, -0.15) is 13.2 Å². The van der Waals surface area contributed by atoms with Gasteiger partial charge >= 0.3 is 6.18 Å². The Morgan fingerprint density at radius 2 is 1.81 bits per heavy atom. The van der Waals surface area contributed by atoms with Gasteiger partial charge in [0.25, 0.3) is 0 Å². The first-order chi connectivity index (χ1) is 12.0. The van der Waals surface area contributed by atoms with Crippen molar-refractivity contribution in [2.45, 2.75) is 32.4 Å². The standard InChI is InChI=1S/C17H23F3N2O3S/c1-13-7-10-21(11-8-13)16(23)9-12-22(26(2,24)25)15-6-4-3-5-14(15)17(18,19)20/h3-6,13H,7-12H2,1-2H3. The van der Waals surface area contributed by atoms with Crippen LogP contribution < -0.4 is 4.31 Å². The van der Waals surface area contributed by atoms with Gasteiger partial charge in [0.15, 0.2) is 0 Å². The highest BCUT2D eigenvalue weighted by Gasteiger charge is 2.36. The van der Waals surface area contributed by atoms with Crippen molar-refractivity contribution >= 4 is 21.6 Å². The van der Waals surface area contributed by atoms with Gasteiger partial charge in [0, 0.05) is 26.1 Å². The predicted octanol–water partition coefficient (Wildman–Crippen LogP) is 3.12. The first-order valence-electron chi connectivity index (χ1n) is 8.42. The molecule has 1 amide bonds. The summed E-state index contributed by atoms with van der Waals surface area (Å²) in [5, 5.41) is 0. The van der Waals surface area contributed by atoms with E-state index in [4.69, 9.17) is 0 Å². The molecule has 0 N–H and O–H groups in total. The van der Waals surface area contributed by atoms with E-state index in [0.717, 1.165) is 31.2 Å². The first-order valence-corrected chi connectivity index (χ1v) is 10.3. The smallest absolute Gasteiger partial charge is 0.343 e. The summed E-state index contributed by atoms with van der Waals surface area (Å²) in [6, 6.07) is 4.49. The molecule has 1 heterocycles. The average Bonchev–Trinajstić information content (AvgIpc) is 2.53. The molecule has 1 saturated heterocycles. The van der Waals surface area contributed by atoms with Gasteiger partial charge in [-0.3, -0.25) is 9.10 Å². The van der Waals surface area contributed by atoms with Gasteiger partial charge in [0.2, 0.25) is 15.9 Å². The highest BCUT2D eigenvalue weighted by atomic mass is 32.2. The second kappa shape index (κ2) is 7.85. The van der Waals surface area contributed by atoms with Crippen LogP contribution in [0.4, 0.5) is 18.9 Å². The Bertz CT molecular complexity index is 742. The lowest BCUT2D eigenvalue weighted by molar-refractivity contribution is -0.137. The minimum atomic E-state index is -4.69. The van der Waals surface area contributed by atoms with Crippen LogP contribution in [0.15, 0.2) is 24.3 Å². The summed E-state index contributed by atoms with van der Waals surface area (Å²) in [7, 11) is -3.97. The van der Waals surface area contributed by atoms with E-state index in [1.807, 2.05) is 0 Å². The Labute approximate surface area is 151 Å². The number of carbonyl (C=O) groups excluding carboxylic acids is 1. The van der Waals surface area contributed by atoms with Crippen LogP contribution >= 0.6 is 0 Å². The number of sulfonamides is 1. The average molecular weight is 392 g/mol. The van der Waals surface area contributed by atoms with Crippen molar-refractivity contribution in [1.82, 2.24) is 4.90 Å². The molecule has 26 heavy (non-hydrogen) atoms. The fourth-order valence-corrected chi connectivity index (χ4v) is 3.95. The molecule has 1 aromatic carbocycles. The van der Waals surface area contributed by atoms with E-state index in [1.165, 1.54) is 12.1 Å². The number of piperidine rings is 1. The number of hydrogen-bond donors (Lipinski definition) is 0. The van der Waals surface area contributed by atoms with Crippen LogP contribution in [0, 0.1) is 5.92 Å². The van der Waals surface area contributed by atoms with Crippen LogP contribution in [0.3, 0.4) is 0 Å². The Morgan fingerprint density at radius 1 is 1.23 bits per heavy atom. The van der Waals surface area contributed by atoms with E-state index < -0.39 is 27.5 Å². The number of likely N-dealkylation sites (tertiary alicyclic amines) is 1. The molecule has 146 valence electrons. The molecule has 5 nitrogen and oxygen atoms in total. The Morgan fingerprint density at radius 3 is 2.35 bits per heavy atom. The molecule has 0 aliphatic carbocycles. The molecule has 0 atom stereocenters. The zero-order chi connectivity index (χ0) is 19.5. The van der Waals surface area contributed by atoms with Crippen LogP contribution in [0.5, 0.6) is 0 Å². The van der Waals surface area contributed by atoms with Gasteiger partial charge in [-0.25, -0.2) is 8.42 Å². The Balaban J connectivity index is 2.19. The monoisotopic (exact) mass is 392 g/mol. The van der Waals surface area contributed by atoms with Crippen LogP contribution in [0.25, 0.3) is 0 Å². The van der Waals surface area contributed by atoms with Crippen molar-refractivity contribution in [3.05, 3.63) is 29.8 Å². The van der Waals surface area contributed by atoms with E-state index in [1.54, 1.807) is 4.90 Å². The number of hydrogen-bond acceptors (Lipinski definition) is 3. The zero-order valence-electron chi connectivity index (χ0n) is 14.8. The van der Waals surface area contributed by atoms with Gasteiger partial charge in [-0.1, -0.05) is 19.1 Å². The van der Waals surface area contributed by atoms with Gasteiger partial charge in [-0.15, -0.1) is 0 Å². The summed E-state index contributed by atoms with van der Waals surface area (Å²) in [4.78, 5) is 14.0. The van der Waals surface area contributed by atoms with E-state index >= 15 is 0 Å². The van der Waals surface area contributed by atoms with Crippen molar-refractivity contribution in [1.29, 1.82) is 0 Å². The van der Waals surface area contributed by atoms with Gasteiger partial charge in [0.1, 0.15) is 0 Å². The third kappa shape index (κ3) is 5.12. The number of amides is 1. The van der Waals surface area contributed by atoms with Gasteiger partial charge in [0.05, 0.1) is 17.5 Å². The Kier molecular flexibility index (Phi) is 6.21. The molecule has 0 aromatic heterocycles. The molecule has 1 fully saturated rings. The van der Waals surface area contributed by atoms with Crippen molar-refractivity contribution in [2.24, 2.45) is 5.92 Å². The molecule has 0 radical (unpaired) electrons. The highest BCUT2D eigenvalue weighted by molar-refractivity contribution is 7.92. The van der Waals surface area contributed by atoms with Crippen molar-refractivity contribution in [2.75, 3.05) is 30.2 Å². The number of benzene rings is 1. The lowest BCUT2D eigenvalue weighted by atomic mass is 9.99. The number of para-hydroxylation sites is 1. The van der Waals surface area contributed by atoms with Crippen LogP contribution in [-0.4, -0.2) is 45.1 Å². The highest BCUT2D eigenvalue weighted by Crippen LogP contribution is 2.37. The summed E-state index contributed by atoms with van der Waals surface area (Å²) in [6.45, 7) is 2.97. The normalized spacial score (nSPS) is 16.6. The number of alkyl halides is 3. The molecule has 0 saturated carbocycles. The number of carbonyl (C=O) groups is 1. The minimum absolute atomic E-state index is 0.159. The zero-order valence-corrected chi connectivity index (χ0v) is 15.6. The minimum Gasteiger partial charge on any atom is -0.343 e. The quantitative estimate of drug-likeness (QED) is 0.774. The number of anilines is 1. The molecule has 1 aliphatic rings. The third-order valence-electron chi connectivity index (χ3n) is 4.54.